The van der Waals surface area contributed by atoms with Gasteiger partial charge in [0.15, 0.2) is 5.82 Å². The van der Waals surface area contributed by atoms with E-state index in [9.17, 15) is 14.0 Å². The summed E-state index contributed by atoms with van der Waals surface area (Å²) in [7, 11) is 0. The first-order valence-electron chi connectivity index (χ1n) is 9.18. The molecule has 0 fully saturated rings. The number of ketones is 1. The number of nitrogens with zero attached hydrogens (tertiary/aromatic N) is 2. The lowest BCUT2D eigenvalue weighted by atomic mass is 10.1. The van der Waals surface area contributed by atoms with Crippen molar-refractivity contribution in [2.24, 2.45) is 0 Å². The first kappa shape index (κ1) is 18.6. The van der Waals surface area contributed by atoms with Crippen LogP contribution in [0, 0.1) is 5.82 Å². The summed E-state index contributed by atoms with van der Waals surface area (Å²) in [6, 6.07) is 22.2. The molecule has 0 aliphatic carbocycles. The maximum Gasteiger partial charge on any atom is 0.240 e. The number of carbonyl (C=O) groups is 2. The Labute approximate surface area is 166 Å². The predicted octanol–water partition coefficient (Wildman–Crippen LogP) is 3.72. The molecule has 1 aromatic heterocycles. The molecule has 0 radical (unpaired) electrons. The summed E-state index contributed by atoms with van der Waals surface area (Å²) >= 11 is 0. The quantitative estimate of drug-likeness (QED) is 0.513. The Hall–Kier alpha value is -3.80. The molecule has 0 atom stereocenters. The van der Waals surface area contributed by atoms with E-state index in [0.717, 1.165) is 5.56 Å². The van der Waals surface area contributed by atoms with E-state index >= 15 is 0 Å². The van der Waals surface area contributed by atoms with Gasteiger partial charge < -0.3 is 9.88 Å². The normalized spacial score (nSPS) is 10.8. The number of rotatable bonds is 6. The molecule has 0 bridgehead atoms. The number of hydrogen-bond donors (Lipinski definition) is 1. The van der Waals surface area contributed by atoms with Crippen molar-refractivity contribution in [3.63, 3.8) is 0 Å². The van der Waals surface area contributed by atoms with E-state index in [-0.39, 0.29) is 23.8 Å². The second-order valence-electron chi connectivity index (χ2n) is 6.61. The SMILES string of the molecule is O=C(Cn1c(C(=O)c2cccc(F)c2)nc2ccccc21)NCc1ccccc1. The molecule has 144 valence electrons. The van der Waals surface area contributed by atoms with E-state index in [1.165, 1.54) is 24.3 Å². The minimum atomic E-state index is -0.501. The summed E-state index contributed by atoms with van der Waals surface area (Å²) < 4.78 is 15.1. The lowest BCUT2D eigenvalue weighted by molar-refractivity contribution is -0.121. The zero-order valence-electron chi connectivity index (χ0n) is 15.5. The zero-order chi connectivity index (χ0) is 20.2. The van der Waals surface area contributed by atoms with Crippen molar-refractivity contribution < 1.29 is 14.0 Å². The summed E-state index contributed by atoms with van der Waals surface area (Å²) in [4.78, 5) is 29.9. The van der Waals surface area contributed by atoms with Gasteiger partial charge in [0.25, 0.3) is 0 Å². The van der Waals surface area contributed by atoms with Crippen LogP contribution in [0.4, 0.5) is 4.39 Å². The van der Waals surface area contributed by atoms with E-state index in [1.54, 1.807) is 16.7 Å². The van der Waals surface area contributed by atoms with E-state index in [0.29, 0.717) is 17.6 Å². The predicted molar refractivity (Wildman–Crippen MR) is 108 cm³/mol. The summed E-state index contributed by atoms with van der Waals surface area (Å²) in [5.41, 5.74) is 2.43. The topological polar surface area (TPSA) is 64.0 Å². The summed E-state index contributed by atoms with van der Waals surface area (Å²) in [5, 5.41) is 2.86. The molecule has 0 spiro atoms. The van der Waals surface area contributed by atoms with Gasteiger partial charge in [-0.15, -0.1) is 0 Å². The Morgan fingerprint density at radius 3 is 2.48 bits per heavy atom. The standard InChI is InChI=1S/C23H18FN3O2/c24-18-10-6-9-17(13-18)22(29)23-26-19-11-4-5-12-20(19)27(23)15-21(28)25-14-16-7-2-1-3-8-16/h1-13H,14-15H2,(H,25,28). The molecule has 1 amide bonds. The third kappa shape index (κ3) is 4.06. The number of fused-ring (bicyclic) bond motifs is 1. The maximum absolute atomic E-state index is 13.6. The summed E-state index contributed by atoms with van der Waals surface area (Å²) in [6.45, 7) is 0.323. The van der Waals surface area contributed by atoms with Gasteiger partial charge in [-0.1, -0.05) is 54.6 Å². The zero-order valence-corrected chi connectivity index (χ0v) is 15.5. The van der Waals surface area contributed by atoms with Crippen LogP contribution in [0.15, 0.2) is 78.9 Å². The lowest BCUT2D eigenvalue weighted by Crippen LogP contribution is -2.28. The summed E-state index contributed by atoms with van der Waals surface area (Å²) in [6.07, 6.45) is 0. The smallest absolute Gasteiger partial charge is 0.240 e. The molecule has 1 N–H and O–H groups in total. The largest absolute Gasteiger partial charge is 0.350 e. The number of amides is 1. The number of carbonyl (C=O) groups excluding carboxylic acids is 2. The summed E-state index contributed by atoms with van der Waals surface area (Å²) in [5.74, 6) is -1.08. The van der Waals surface area contributed by atoms with Gasteiger partial charge in [0, 0.05) is 12.1 Å². The molecule has 0 aliphatic heterocycles. The van der Waals surface area contributed by atoms with Gasteiger partial charge in [0.2, 0.25) is 11.7 Å². The Kier molecular flexibility index (Phi) is 5.16. The van der Waals surface area contributed by atoms with Crippen LogP contribution in [0.3, 0.4) is 0 Å². The molecule has 1 heterocycles. The van der Waals surface area contributed by atoms with Crippen molar-refractivity contribution in [3.05, 3.63) is 102 Å². The molecule has 0 unspecified atom stereocenters. The fraction of sp³-hybridized carbons (Fsp3) is 0.0870. The molecule has 3 aromatic carbocycles. The fourth-order valence-electron chi connectivity index (χ4n) is 3.16. The van der Waals surface area contributed by atoms with Crippen LogP contribution in [-0.4, -0.2) is 21.2 Å². The number of benzene rings is 3. The van der Waals surface area contributed by atoms with Gasteiger partial charge in [-0.2, -0.15) is 0 Å². The molecular formula is C23H18FN3O2. The monoisotopic (exact) mass is 387 g/mol. The molecule has 5 nitrogen and oxygen atoms in total. The number of aromatic nitrogens is 2. The molecule has 4 rings (SSSR count). The van der Waals surface area contributed by atoms with E-state index in [2.05, 4.69) is 10.3 Å². The van der Waals surface area contributed by atoms with Gasteiger partial charge in [-0.3, -0.25) is 9.59 Å². The van der Waals surface area contributed by atoms with Crippen LogP contribution in [-0.2, 0) is 17.9 Å². The highest BCUT2D eigenvalue weighted by Gasteiger charge is 2.21. The molecule has 6 heteroatoms. The van der Waals surface area contributed by atoms with Gasteiger partial charge in [-0.25, -0.2) is 9.37 Å². The molecule has 4 aromatic rings. The van der Waals surface area contributed by atoms with Crippen LogP contribution in [0.25, 0.3) is 11.0 Å². The van der Waals surface area contributed by atoms with Gasteiger partial charge in [0.1, 0.15) is 12.4 Å². The Morgan fingerprint density at radius 2 is 1.69 bits per heavy atom. The van der Waals surface area contributed by atoms with Crippen LogP contribution in [0.5, 0.6) is 0 Å². The van der Waals surface area contributed by atoms with E-state index < -0.39 is 11.6 Å². The van der Waals surface area contributed by atoms with Gasteiger partial charge in [0.05, 0.1) is 11.0 Å². The molecular weight excluding hydrogens is 369 g/mol. The average molecular weight is 387 g/mol. The fourth-order valence-corrected chi connectivity index (χ4v) is 3.16. The minimum absolute atomic E-state index is 0.0657. The highest BCUT2D eigenvalue weighted by molar-refractivity contribution is 6.08. The minimum Gasteiger partial charge on any atom is -0.350 e. The Balaban J connectivity index is 1.63. The second kappa shape index (κ2) is 8.06. The molecule has 0 aliphatic rings. The van der Waals surface area contributed by atoms with Gasteiger partial charge in [-0.05, 0) is 29.8 Å². The van der Waals surface area contributed by atoms with Crippen LogP contribution in [0.2, 0.25) is 0 Å². The number of nitrogens with one attached hydrogen (secondary N) is 1. The van der Waals surface area contributed by atoms with Crippen molar-refractivity contribution in [2.75, 3.05) is 0 Å². The Bertz CT molecular complexity index is 1190. The lowest BCUT2D eigenvalue weighted by Gasteiger charge is -2.10. The third-order valence-corrected chi connectivity index (χ3v) is 4.58. The van der Waals surface area contributed by atoms with Crippen molar-refractivity contribution in [1.82, 2.24) is 14.9 Å². The van der Waals surface area contributed by atoms with Crippen molar-refractivity contribution >= 4 is 22.7 Å². The highest BCUT2D eigenvalue weighted by Crippen LogP contribution is 2.19. The van der Waals surface area contributed by atoms with Gasteiger partial charge >= 0.3 is 0 Å². The van der Waals surface area contributed by atoms with Crippen molar-refractivity contribution in [2.45, 2.75) is 13.1 Å². The van der Waals surface area contributed by atoms with Crippen LogP contribution >= 0.6 is 0 Å². The van der Waals surface area contributed by atoms with Crippen LogP contribution in [0.1, 0.15) is 21.7 Å². The van der Waals surface area contributed by atoms with Crippen molar-refractivity contribution in [3.8, 4) is 0 Å². The highest BCUT2D eigenvalue weighted by atomic mass is 19.1. The first-order chi connectivity index (χ1) is 14.1. The number of imidazole rings is 1. The number of para-hydroxylation sites is 2. The second-order valence-corrected chi connectivity index (χ2v) is 6.61. The Morgan fingerprint density at radius 1 is 0.931 bits per heavy atom. The molecule has 0 saturated heterocycles. The van der Waals surface area contributed by atoms with E-state index in [4.69, 9.17) is 0 Å². The molecule has 0 saturated carbocycles. The maximum atomic E-state index is 13.6. The average Bonchev–Trinajstić information content (AvgIpc) is 3.11. The van der Waals surface area contributed by atoms with Crippen molar-refractivity contribution in [1.29, 1.82) is 0 Å². The van der Waals surface area contributed by atoms with E-state index in [1.807, 2.05) is 42.5 Å². The third-order valence-electron chi connectivity index (χ3n) is 4.58. The number of hydrogen-bond acceptors (Lipinski definition) is 3. The van der Waals surface area contributed by atoms with Crippen LogP contribution < -0.4 is 5.32 Å². The first-order valence-corrected chi connectivity index (χ1v) is 9.18. The molecule has 29 heavy (non-hydrogen) atoms. The number of halogens is 1.